The summed E-state index contributed by atoms with van der Waals surface area (Å²) in [5, 5.41) is 19.2. The molecule has 16 heavy (non-hydrogen) atoms. The van der Waals surface area contributed by atoms with Crippen LogP contribution in [-0.4, -0.2) is 16.8 Å². The Morgan fingerprint density at radius 1 is 1.06 bits per heavy atom. The van der Waals surface area contributed by atoms with Crippen molar-refractivity contribution in [1.29, 1.82) is 0 Å². The van der Waals surface area contributed by atoms with Gasteiger partial charge in [0.2, 0.25) is 0 Å². The summed E-state index contributed by atoms with van der Waals surface area (Å²) in [6, 6.07) is 4.17. The SMILES string of the molecule is Cc1cc(C)c(C(C)(O)CCCO)cc1C. The van der Waals surface area contributed by atoms with Gasteiger partial charge in [-0.1, -0.05) is 12.1 Å². The molecule has 0 amide bonds. The number of aryl methyl sites for hydroxylation is 3. The maximum atomic E-state index is 10.4. The highest BCUT2D eigenvalue weighted by Gasteiger charge is 2.24. The van der Waals surface area contributed by atoms with Crippen molar-refractivity contribution in [2.75, 3.05) is 6.61 Å². The molecule has 0 aliphatic heterocycles. The van der Waals surface area contributed by atoms with E-state index in [1.807, 2.05) is 13.8 Å². The molecule has 0 heterocycles. The number of hydrogen-bond acceptors (Lipinski definition) is 2. The summed E-state index contributed by atoms with van der Waals surface area (Å²) in [5.41, 5.74) is 3.70. The van der Waals surface area contributed by atoms with Crippen molar-refractivity contribution in [3.63, 3.8) is 0 Å². The van der Waals surface area contributed by atoms with Crippen LogP contribution in [0.25, 0.3) is 0 Å². The Bertz CT molecular complexity index is 367. The van der Waals surface area contributed by atoms with Crippen LogP contribution < -0.4 is 0 Å². The first-order valence-corrected chi connectivity index (χ1v) is 5.80. The maximum Gasteiger partial charge on any atom is 0.0872 e. The van der Waals surface area contributed by atoms with E-state index in [9.17, 15) is 5.11 Å². The molecule has 0 spiro atoms. The molecule has 0 saturated heterocycles. The van der Waals surface area contributed by atoms with E-state index in [1.165, 1.54) is 11.1 Å². The van der Waals surface area contributed by atoms with Gasteiger partial charge in [0.25, 0.3) is 0 Å². The first-order valence-electron chi connectivity index (χ1n) is 5.80. The molecular weight excluding hydrogens is 200 g/mol. The van der Waals surface area contributed by atoms with Crippen LogP contribution in [0.5, 0.6) is 0 Å². The molecule has 0 aromatic heterocycles. The van der Waals surface area contributed by atoms with Gasteiger partial charge in [-0.25, -0.2) is 0 Å². The highest BCUT2D eigenvalue weighted by atomic mass is 16.3. The number of hydrogen-bond donors (Lipinski definition) is 2. The molecule has 2 nitrogen and oxygen atoms in total. The van der Waals surface area contributed by atoms with Crippen LogP contribution in [0.3, 0.4) is 0 Å². The van der Waals surface area contributed by atoms with Crippen LogP contribution in [0.1, 0.15) is 42.0 Å². The van der Waals surface area contributed by atoms with Gasteiger partial charge < -0.3 is 10.2 Å². The lowest BCUT2D eigenvalue weighted by Crippen LogP contribution is -2.23. The Labute approximate surface area is 97.9 Å². The van der Waals surface area contributed by atoms with Crippen LogP contribution >= 0.6 is 0 Å². The summed E-state index contributed by atoms with van der Waals surface area (Å²) in [5.74, 6) is 0. The van der Waals surface area contributed by atoms with Crippen LogP contribution in [0, 0.1) is 20.8 Å². The summed E-state index contributed by atoms with van der Waals surface area (Å²) in [7, 11) is 0. The molecule has 1 unspecified atom stereocenters. The molecule has 0 aliphatic rings. The summed E-state index contributed by atoms with van der Waals surface area (Å²) in [4.78, 5) is 0. The van der Waals surface area contributed by atoms with Gasteiger partial charge in [-0.3, -0.25) is 0 Å². The van der Waals surface area contributed by atoms with E-state index in [1.54, 1.807) is 0 Å². The third kappa shape index (κ3) is 2.83. The molecule has 2 N–H and O–H groups in total. The molecule has 0 bridgehead atoms. The number of rotatable bonds is 4. The van der Waals surface area contributed by atoms with Gasteiger partial charge in [0, 0.05) is 6.61 Å². The van der Waals surface area contributed by atoms with Crippen molar-refractivity contribution in [2.24, 2.45) is 0 Å². The fourth-order valence-corrected chi connectivity index (χ4v) is 2.10. The van der Waals surface area contributed by atoms with E-state index in [-0.39, 0.29) is 6.61 Å². The second-order valence-corrected chi connectivity index (χ2v) is 4.85. The molecule has 0 aliphatic carbocycles. The Kier molecular flexibility index (Phi) is 4.11. The molecule has 1 aromatic carbocycles. The minimum absolute atomic E-state index is 0.125. The van der Waals surface area contributed by atoms with Crippen LogP contribution in [-0.2, 0) is 5.60 Å². The first-order chi connectivity index (χ1) is 7.38. The number of aliphatic hydroxyl groups is 2. The van der Waals surface area contributed by atoms with Gasteiger partial charge in [0.05, 0.1) is 5.60 Å². The molecule has 2 heteroatoms. The molecule has 1 atom stereocenters. The average molecular weight is 222 g/mol. The zero-order valence-corrected chi connectivity index (χ0v) is 10.7. The quantitative estimate of drug-likeness (QED) is 0.822. The average Bonchev–Trinajstić information content (AvgIpc) is 2.20. The third-order valence-corrected chi connectivity index (χ3v) is 3.24. The molecule has 1 rings (SSSR count). The Morgan fingerprint density at radius 2 is 1.62 bits per heavy atom. The lowest BCUT2D eigenvalue weighted by Gasteiger charge is -2.26. The minimum Gasteiger partial charge on any atom is -0.396 e. The van der Waals surface area contributed by atoms with E-state index in [4.69, 9.17) is 5.11 Å². The van der Waals surface area contributed by atoms with E-state index < -0.39 is 5.60 Å². The second kappa shape index (κ2) is 4.98. The van der Waals surface area contributed by atoms with Crippen molar-refractivity contribution >= 4 is 0 Å². The minimum atomic E-state index is -0.842. The Hall–Kier alpha value is -0.860. The highest BCUT2D eigenvalue weighted by Crippen LogP contribution is 2.30. The second-order valence-electron chi connectivity index (χ2n) is 4.85. The lowest BCUT2D eigenvalue weighted by molar-refractivity contribution is 0.0397. The predicted octanol–water partition coefficient (Wildman–Crippen LogP) is 2.59. The topological polar surface area (TPSA) is 40.5 Å². The van der Waals surface area contributed by atoms with E-state index in [0.717, 1.165) is 11.1 Å². The molecule has 1 aromatic rings. The molecular formula is C14H22O2. The predicted molar refractivity (Wildman–Crippen MR) is 66.5 cm³/mol. The normalized spacial score (nSPS) is 14.9. The molecule has 0 saturated carbocycles. The van der Waals surface area contributed by atoms with Gasteiger partial charge in [-0.05, 0) is 62.8 Å². The van der Waals surface area contributed by atoms with Crippen LogP contribution in [0.2, 0.25) is 0 Å². The van der Waals surface area contributed by atoms with Gasteiger partial charge in [-0.15, -0.1) is 0 Å². The van der Waals surface area contributed by atoms with Crippen LogP contribution in [0.4, 0.5) is 0 Å². The van der Waals surface area contributed by atoms with Gasteiger partial charge in [0.15, 0.2) is 0 Å². The Balaban J connectivity index is 3.07. The van der Waals surface area contributed by atoms with Crippen molar-refractivity contribution < 1.29 is 10.2 Å². The monoisotopic (exact) mass is 222 g/mol. The van der Waals surface area contributed by atoms with E-state index in [2.05, 4.69) is 26.0 Å². The number of benzene rings is 1. The van der Waals surface area contributed by atoms with E-state index in [0.29, 0.717) is 12.8 Å². The Morgan fingerprint density at radius 3 is 2.19 bits per heavy atom. The summed E-state index contributed by atoms with van der Waals surface area (Å²) in [6.07, 6.45) is 1.21. The van der Waals surface area contributed by atoms with Crippen molar-refractivity contribution in [3.8, 4) is 0 Å². The third-order valence-electron chi connectivity index (χ3n) is 3.24. The zero-order valence-electron chi connectivity index (χ0n) is 10.7. The molecule has 0 radical (unpaired) electrons. The van der Waals surface area contributed by atoms with E-state index >= 15 is 0 Å². The lowest BCUT2D eigenvalue weighted by atomic mass is 9.86. The van der Waals surface area contributed by atoms with Crippen LogP contribution in [0.15, 0.2) is 12.1 Å². The largest absolute Gasteiger partial charge is 0.396 e. The van der Waals surface area contributed by atoms with Gasteiger partial charge in [-0.2, -0.15) is 0 Å². The van der Waals surface area contributed by atoms with Crippen molar-refractivity contribution in [2.45, 2.75) is 46.1 Å². The number of aliphatic hydroxyl groups excluding tert-OH is 1. The fraction of sp³-hybridized carbons (Fsp3) is 0.571. The summed E-state index contributed by atoms with van der Waals surface area (Å²) < 4.78 is 0. The van der Waals surface area contributed by atoms with Gasteiger partial charge >= 0.3 is 0 Å². The zero-order chi connectivity index (χ0) is 12.3. The van der Waals surface area contributed by atoms with Gasteiger partial charge in [0.1, 0.15) is 0 Å². The summed E-state index contributed by atoms with van der Waals surface area (Å²) >= 11 is 0. The fourth-order valence-electron chi connectivity index (χ4n) is 2.10. The summed E-state index contributed by atoms with van der Waals surface area (Å²) in [6.45, 7) is 8.10. The van der Waals surface area contributed by atoms with Crippen molar-refractivity contribution in [1.82, 2.24) is 0 Å². The highest BCUT2D eigenvalue weighted by molar-refractivity contribution is 5.39. The molecule has 90 valence electrons. The smallest absolute Gasteiger partial charge is 0.0872 e. The molecule has 0 fully saturated rings. The maximum absolute atomic E-state index is 10.4. The van der Waals surface area contributed by atoms with Crippen molar-refractivity contribution in [3.05, 3.63) is 34.4 Å². The standard InChI is InChI=1S/C14H22O2/c1-10-8-12(3)13(9-11(10)2)14(4,16)6-5-7-15/h8-9,15-16H,5-7H2,1-4H3. The first kappa shape index (κ1) is 13.2.